The van der Waals surface area contributed by atoms with E-state index in [2.05, 4.69) is 28.5 Å². The summed E-state index contributed by atoms with van der Waals surface area (Å²) in [5.41, 5.74) is 2.76. The Kier molecular flexibility index (Phi) is 7.39. The molecule has 158 valence electrons. The Hall–Kier alpha value is -3.40. The van der Waals surface area contributed by atoms with E-state index < -0.39 is 0 Å². The first-order valence-corrected chi connectivity index (χ1v) is 10.2. The Labute approximate surface area is 178 Å². The summed E-state index contributed by atoms with van der Waals surface area (Å²) in [5, 5.41) is 15.9. The van der Waals surface area contributed by atoms with E-state index in [0.717, 1.165) is 54.8 Å². The fourth-order valence-corrected chi connectivity index (χ4v) is 3.51. The molecule has 0 aliphatic carbocycles. The zero-order chi connectivity index (χ0) is 21.3. The van der Waals surface area contributed by atoms with Crippen LogP contribution in [0.2, 0.25) is 0 Å². The Bertz CT molecular complexity index is 900. The van der Waals surface area contributed by atoms with Gasteiger partial charge in [-0.1, -0.05) is 12.1 Å². The Balaban J connectivity index is 1.65. The van der Waals surface area contributed by atoms with Crippen LogP contribution in [0.1, 0.15) is 24.5 Å². The third kappa shape index (κ3) is 5.57. The van der Waals surface area contributed by atoms with Crippen molar-refractivity contribution in [2.24, 2.45) is 4.99 Å². The lowest BCUT2D eigenvalue weighted by Crippen LogP contribution is -2.44. The molecule has 0 bridgehead atoms. The standard InChI is InChI=1S/C23H29N5O2/c1-4-25-23(26-15-18-7-5-6-17(10-18)14-24)27-19-8-9-28(16-19)20-11-21(29-2)13-22(12-20)30-3/h5-7,10-13,19H,4,8-9,15-16H2,1-3H3,(H2,25,26,27). The number of nitrogens with one attached hydrogen (secondary N) is 2. The Morgan fingerprint density at radius 1 is 1.20 bits per heavy atom. The summed E-state index contributed by atoms with van der Waals surface area (Å²) in [4.78, 5) is 7.02. The largest absolute Gasteiger partial charge is 0.497 e. The maximum atomic E-state index is 9.07. The molecule has 0 amide bonds. The Morgan fingerprint density at radius 3 is 2.63 bits per heavy atom. The van der Waals surface area contributed by atoms with Gasteiger partial charge in [0.2, 0.25) is 0 Å². The first kappa shape index (κ1) is 21.3. The van der Waals surface area contributed by atoms with Crippen molar-refractivity contribution in [2.45, 2.75) is 25.9 Å². The quantitative estimate of drug-likeness (QED) is 0.543. The molecule has 1 saturated heterocycles. The van der Waals surface area contributed by atoms with Gasteiger partial charge < -0.3 is 25.0 Å². The van der Waals surface area contributed by atoms with Crippen LogP contribution >= 0.6 is 0 Å². The number of ether oxygens (including phenoxy) is 2. The fraction of sp³-hybridized carbons (Fsp3) is 0.391. The minimum absolute atomic E-state index is 0.283. The van der Waals surface area contributed by atoms with Gasteiger partial charge in [-0.3, -0.25) is 0 Å². The van der Waals surface area contributed by atoms with E-state index in [9.17, 15) is 0 Å². The van der Waals surface area contributed by atoms with Gasteiger partial charge in [-0.2, -0.15) is 5.26 Å². The lowest BCUT2D eigenvalue weighted by atomic mass is 10.1. The van der Waals surface area contributed by atoms with Crippen LogP contribution < -0.4 is 25.0 Å². The molecule has 1 aliphatic rings. The molecule has 1 fully saturated rings. The molecule has 1 atom stereocenters. The second-order valence-corrected chi connectivity index (χ2v) is 7.15. The summed E-state index contributed by atoms with van der Waals surface area (Å²) < 4.78 is 10.8. The van der Waals surface area contributed by atoms with Crippen LogP contribution in [-0.2, 0) is 6.54 Å². The molecule has 3 rings (SSSR count). The van der Waals surface area contributed by atoms with Crippen LogP contribution in [0.4, 0.5) is 5.69 Å². The number of hydrogen-bond acceptors (Lipinski definition) is 5. The summed E-state index contributed by atoms with van der Waals surface area (Å²) in [5.74, 6) is 2.36. The molecular weight excluding hydrogens is 378 g/mol. The summed E-state index contributed by atoms with van der Waals surface area (Å²) in [6.07, 6.45) is 1.01. The van der Waals surface area contributed by atoms with Crippen LogP contribution in [0.25, 0.3) is 0 Å². The van der Waals surface area contributed by atoms with Crippen LogP contribution in [0.5, 0.6) is 11.5 Å². The predicted octanol–water partition coefficient (Wildman–Crippen LogP) is 2.91. The molecule has 0 radical (unpaired) electrons. The number of rotatable bonds is 7. The highest BCUT2D eigenvalue weighted by molar-refractivity contribution is 5.80. The first-order valence-electron chi connectivity index (χ1n) is 10.2. The van der Waals surface area contributed by atoms with E-state index in [1.807, 2.05) is 36.4 Å². The minimum atomic E-state index is 0.283. The van der Waals surface area contributed by atoms with Gasteiger partial charge in [0.15, 0.2) is 5.96 Å². The molecule has 7 nitrogen and oxygen atoms in total. The van der Waals surface area contributed by atoms with Crippen LogP contribution in [-0.4, -0.2) is 45.9 Å². The van der Waals surface area contributed by atoms with E-state index in [0.29, 0.717) is 12.1 Å². The number of methoxy groups -OCH3 is 2. The van der Waals surface area contributed by atoms with Crippen LogP contribution in [0, 0.1) is 11.3 Å². The van der Waals surface area contributed by atoms with E-state index in [1.165, 1.54) is 0 Å². The molecule has 1 heterocycles. The predicted molar refractivity (Wildman–Crippen MR) is 119 cm³/mol. The average Bonchev–Trinajstić information content (AvgIpc) is 3.26. The van der Waals surface area contributed by atoms with Gasteiger partial charge in [-0.25, -0.2) is 4.99 Å². The summed E-state index contributed by atoms with van der Waals surface area (Å²) in [6.45, 7) is 5.17. The molecule has 2 aromatic rings. The molecule has 2 N–H and O–H groups in total. The molecule has 0 aromatic heterocycles. The third-order valence-electron chi connectivity index (χ3n) is 5.05. The lowest BCUT2D eigenvalue weighted by Gasteiger charge is -2.21. The van der Waals surface area contributed by atoms with Crippen LogP contribution in [0.15, 0.2) is 47.5 Å². The van der Waals surface area contributed by atoms with Crippen LogP contribution in [0.3, 0.4) is 0 Å². The van der Waals surface area contributed by atoms with Gasteiger partial charge in [0.1, 0.15) is 11.5 Å². The monoisotopic (exact) mass is 407 g/mol. The highest BCUT2D eigenvalue weighted by atomic mass is 16.5. The molecule has 1 unspecified atom stereocenters. The maximum absolute atomic E-state index is 9.07. The van der Waals surface area contributed by atoms with Gasteiger partial charge in [0.25, 0.3) is 0 Å². The highest BCUT2D eigenvalue weighted by Gasteiger charge is 2.24. The highest BCUT2D eigenvalue weighted by Crippen LogP contribution is 2.30. The zero-order valence-corrected chi connectivity index (χ0v) is 17.8. The van der Waals surface area contributed by atoms with E-state index in [4.69, 9.17) is 19.7 Å². The smallest absolute Gasteiger partial charge is 0.191 e. The van der Waals surface area contributed by atoms with Crippen molar-refractivity contribution in [1.82, 2.24) is 10.6 Å². The van der Waals surface area contributed by atoms with Gasteiger partial charge >= 0.3 is 0 Å². The Morgan fingerprint density at radius 2 is 1.97 bits per heavy atom. The number of guanidine groups is 1. The number of nitrogens with zero attached hydrogens (tertiary/aromatic N) is 3. The number of benzene rings is 2. The average molecular weight is 408 g/mol. The summed E-state index contributed by atoms with van der Waals surface area (Å²) in [7, 11) is 3.33. The molecule has 0 spiro atoms. The molecule has 1 aliphatic heterocycles. The minimum Gasteiger partial charge on any atom is -0.497 e. The zero-order valence-electron chi connectivity index (χ0n) is 17.8. The van der Waals surface area contributed by atoms with Crippen molar-refractivity contribution in [3.8, 4) is 17.6 Å². The molecule has 0 saturated carbocycles. The number of nitriles is 1. The molecular formula is C23H29N5O2. The van der Waals surface area contributed by atoms with Crippen molar-refractivity contribution in [3.05, 3.63) is 53.6 Å². The molecule has 30 heavy (non-hydrogen) atoms. The maximum Gasteiger partial charge on any atom is 0.191 e. The first-order chi connectivity index (χ1) is 14.6. The normalized spacial score (nSPS) is 16.1. The van der Waals surface area contributed by atoms with Crippen molar-refractivity contribution in [1.29, 1.82) is 5.26 Å². The van der Waals surface area contributed by atoms with Gasteiger partial charge in [-0.05, 0) is 31.0 Å². The third-order valence-corrected chi connectivity index (χ3v) is 5.05. The van der Waals surface area contributed by atoms with Crippen molar-refractivity contribution >= 4 is 11.6 Å². The van der Waals surface area contributed by atoms with Gasteiger partial charge in [-0.15, -0.1) is 0 Å². The second-order valence-electron chi connectivity index (χ2n) is 7.15. The number of hydrogen-bond donors (Lipinski definition) is 2. The molecule has 2 aromatic carbocycles. The lowest BCUT2D eigenvalue weighted by molar-refractivity contribution is 0.394. The molecule has 7 heteroatoms. The fourth-order valence-electron chi connectivity index (χ4n) is 3.51. The summed E-state index contributed by atoms with van der Waals surface area (Å²) in [6, 6.07) is 16.0. The number of aliphatic imine (C=N–C) groups is 1. The van der Waals surface area contributed by atoms with Crippen molar-refractivity contribution in [3.63, 3.8) is 0 Å². The van der Waals surface area contributed by atoms with Crippen molar-refractivity contribution in [2.75, 3.05) is 38.8 Å². The van der Waals surface area contributed by atoms with Gasteiger partial charge in [0, 0.05) is 49.6 Å². The van der Waals surface area contributed by atoms with Crippen molar-refractivity contribution < 1.29 is 9.47 Å². The van der Waals surface area contributed by atoms with E-state index >= 15 is 0 Å². The second kappa shape index (κ2) is 10.4. The topological polar surface area (TPSA) is 81.9 Å². The van der Waals surface area contributed by atoms with E-state index in [-0.39, 0.29) is 6.04 Å². The van der Waals surface area contributed by atoms with E-state index in [1.54, 1.807) is 20.3 Å². The SMILES string of the molecule is CCNC(=NCc1cccc(C#N)c1)NC1CCN(c2cc(OC)cc(OC)c2)C1. The van der Waals surface area contributed by atoms with Gasteiger partial charge in [0.05, 0.1) is 32.4 Å². The number of anilines is 1. The summed E-state index contributed by atoms with van der Waals surface area (Å²) >= 11 is 0.